The van der Waals surface area contributed by atoms with Crippen molar-refractivity contribution in [3.63, 3.8) is 0 Å². The predicted octanol–water partition coefficient (Wildman–Crippen LogP) is 3.78. The molecule has 0 aromatic heterocycles. The molecular weight excluding hydrogens is 229 g/mol. The van der Waals surface area contributed by atoms with E-state index in [4.69, 9.17) is 4.74 Å². The molecule has 0 aliphatic heterocycles. The number of halogens is 3. The predicted molar refractivity (Wildman–Crippen MR) is 58.3 cm³/mol. The van der Waals surface area contributed by atoms with Crippen molar-refractivity contribution in [2.45, 2.75) is 0 Å². The SMILES string of the molecule is COc1c(-c2ccccc2)cc(F)c(F)c1F. The summed E-state index contributed by atoms with van der Waals surface area (Å²) in [5, 5.41) is 0. The van der Waals surface area contributed by atoms with Crippen molar-refractivity contribution in [1.82, 2.24) is 0 Å². The molecule has 0 spiro atoms. The molecule has 0 aliphatic rings. The highest BCUT2D eigenvalue weighted by molar-refractivity contribution is 5.70. The molecule has 0 saturated carbocycles. The van der Waals surface area contributed by atoms with Gasteiger partial charge in [-0.3, -0.25) is 0 Å². The summed E-state index contributed by atoms with van der Waals surface area (Å²) in [5.74, 6) is -4.37. The van der Waals surface area contributed by atoms with Gasteiger partial charge in [-0.2, -0.15) is 4.39 Å². The Hall–Kier alpha value is -1.97. The Morgan fingerprint density at radius 2 is 1.59 bits per heavy atom. The number of benzene rings is 2. The van der Waals surface area contributed by atoms with E-state index in [0.29, 0.717) is 5.56 Å². The van der Waals surface area contributed by atoms with Crippen LogP contribution in [0.1, 0.15) is 0 Å². The van der Waals surface area contributed by atoms with Crippen molar-refractivity contribution in [2.75, 3.05) is 7.11 Å². The molecule has 0 saturated heterocycles. The minimum atomic E-state index is -1.53. The quantitative estimate of drug-likeness (QED) is 0.723. The molecule has 0 aliphatic carbocycles. The van der Waals surface area contributed by atoms with Gasteiger partial charge in [0.15, 0.2) is 17.4 Å². The van der Waals surface area contributed by atoms with Gasteiger partial charge in [0.25, 0.3) is 0 Å². The van der Waals surface area contributed by atoms with Crippen molar-refractivity contribution in [3.05, 3.63) is 53.8 Å². The van der Waals surface area contributed by atoms with E-state index in [1.165, 1.54) is 7.11 Å². The average Bonchev–Trinajstić information content (AvgIpc) is 2.36. The Kier molecular flexibility index (Phi) is 3.04. The van der Waals surface area contributed by atoms with Crippen LogP contribution in [0.3, 0.4) is 0 Å². The van der Waals surface area contributed by atoms with Gasteiger partial charge in [0.05, 0.1) is 7.11 Å². The highest BCUT2D eigenvalue weighted by Gasteiger charge is 2.20. The summed E-state index contributed by atoms with van der Waals surface area (Å²) < 4.78 is 44.5. The molecule has 2 aromatic rings. The van der Waals surface area contributed by atoms with Gasteiger partial charge in [-0.15, -0.1) is 0 Å². The number of rotatable bonds is 2. The van der Waals surface area contributed by atoms with Crippen molar-refractivity contribution in [2.24, 2.45) is 0 Å². The summed E-state index contributed by atoms with van der Waals surface area (Å²) >= 11 is 0. The fraction of sp³-hybridized carbons (Fsp3) is 0.0769. The summed E-state index contributed by atoms with van der Waals surface area (Å²) in [7, 11) is 1.21. The summed E-state index contributed by atoms with van der Waals surface area (Å²) in [4.78, 5) is 0. The van der Waals surface area contributed by atoms with E-state index in [1.54, 1.807) is 30.3 Å². The van der Waals surface area contributed by atoms with E-state index in [2.05, 4.69) is 0 Å². The lowest BCUT2D eigenvalue weighted by molar-refractivity contribution is 0.362. The smallest absolute Gasteiger partial charge is 0.204 e. The van der Waals surface area contributed by atoms with Crippen LogP contribution in [0.5, 0.6) is 5.75 Å². The molecule has 0 fully saturated rings. The lowest BCUT2D eigenvalue weighted by atomic mass is 10.0. The van der Waals surface area contributed by atoms with Gasteiger partial charge >= 0.3 is 0 Å². The van der Waals surface area contributed by atoms with Crippen molar-refractivity contribution in [1.29, 1.82) is 0 Å². The van der Waals surface area contributed by atoms with Gasteiger partial charge in [0.1, 0.15) is 0 Å². The van der Waals surface area contributed by atoms with E-state index >= 15 is 0 Å². The standard InChI is InChI=1S/C13H9F3O/c1-17-13-9(8-5-3-2-4-6-8)7-10(14)11(15)12(13)16/h2-7H,1H3. The first-order valence-corrected chi connectivity index (χ1v) is 4.92. The Morgan fingerprint density at radius 1 is 0.941 bits per heavy atom. The molecule has 0 unspecified atom stereocenters. The molecular formula is C13H9F3O. The monoisotopic (exact) mass is 238 g/mol. The highest BCUT2D eigenvalue weighted by Crippen LogP contribution is 2.34. The zero-order valence-corrected chi connectivity index (χ0v) is 9.01. The molecule has 17 heavy (non-hydrogen) atoms. The third-order valence-corrected chi connectivity index (χ3v) is 2.41. The topological polar surface area (TPSA) is 9.23 Å². The fourth-order valence-electron chi connectivity index (χ4n) is 1.61. The minimum absolute atomic E-state index is 0.185. The zero-order chi connectivity index (χ0) is 12.4. The summed E-state index contributed by atoms with van der Waals surface area (Å²) in [6.45, 7) is 0. The molecule has 88 valence electrons. The van der Waals surface area contributed by atoms with Crippen LogP contribution in [-0.4, -0.2) is 7.11 Å². The number of hydrogen-bond acceptors (Lipinski definition) is 1. The second kappa shape index (κ2) is 4.49. The summed E-state index contributed by atoms with van der Waals surface area (Å²) in [5.41, 5.74) is 0.742. The maximum Gasteiger partial charge on any atom is 0.204 e. The summed E-state index contributed by atoms with van der Waals surface area (Å²) in [6.07, 6.45) is 0. The van der Waals surface area contributed by atoms with E-state index < -0.39 is 17.5 Å². The normalized spacial score (nSPS) is 10.4. The maximum atomic E-state index is 13.5. The van der Waals surface area contributed by atoms with Gasteiger partial charge in [0.2, 0.25) is 5.82 Å². The Bertz CT molecular complexity index is 538. The van der Waals surface area contributed by atoms with Crippen LogP contribution in [0.25, 0.3) is 11.1 Å². The summed E-state index contributed by atoms with van der Waals surface area (Å²) in [6, 6.07) is 9.45. The van der Waals surface area contributed by atoms with Gasteiger partial charge < -0.3 is 4.74 Å². The molecule has 2 aromatic carbocycles. The molecule has 4 heteroatoms. The lowest BCUT2D eigenvalue weighted by Crippen LogP contribution is -1.98. The zero-order valence-electron chi connectivity index (χ0n) is 9.01. The Balaban J connectivity index is 2.70. The van der Waals surface area contributed by atoms with Gasteiger partial charge in [-0.05, 0) is 11.6 Å². The first-order valence-electron chi connectivity index (χ1n) is 4.92. The van der Waals surface area contributed by atoms with Gasteiger partial charge in [0, 0.05) is 5.56 Å². The van der Waals surface area contributed by atoms with E-state index in [1.807, 2.05) is 0 Å². The van der Waals surface area contributed by atoms with Crippen LogP contribution >= 0.6 is 0 Å². The van der Waals surface area contributed by atoms with Crippen LogP contribution in [0, 0.1) is 17.5 Å². The van der Waals surface area contributed by atoms with Crippen LogP contribution in [0.4, 0.5) is 13.2 Å². The van der Waals surface area contributed by atoms with Crippen molar-refractivity contribution >= 4 is 0 Å². The van der Waals surface area contributed by atoms with Crippen molar-refractivity contribution in [3.8, 4) is 16.9 Å². The van der Waals surface area contributed by atoms with E-state index in [9.17, 15) is 13.2 Å². The fourth-order valence-corrected chi connectivity index (χ4v) is 1.61. The molecule has 0 heterocycles. The van der Waals surface area contributed by atoms with Gasteiger partial charge in [-0.25, -0.2) is 8.78 Å². The minimum Gasteiger partial charge on any atom is -0.493 e. The number of hydrogen-bond donors (Lipinski definition) is 0. The molecule has 0 atom stereocenters. The van der Waals surface area contributed by atoms with Crippen molar-refractivity contribution < 1.29 is 17.9 Å². The first kappa shape index (κ1) is 11.5. The molecule has 0 radical (unpaired) electrons. The highest BCUT2D eigenvalue weighted by atomic mass is 19.2. The Morgan fingerprint density at radius 3 is 2.18 bits per heavy atom. The van der Waals surface area contributed by atoms with Crippen LogP contribution in [-0.2, 0) is 0 Å². The number of methoxy groups -OCH3 is 1. The molecule has 2 rings (SSSR count). The van der Waals surface area contributed by atoms with E-state index in [0.717, 1.165) is 6.07 Å². The molecule has 1 nitrogen and oxygen atoms in total. The first-order chi connectivity index (χ1) is 8.15. The van der Waals surface area contributed by atoms with Crippen LogP contribution in [0.2, 0.25) is 0 Å². The molecule has 0 bridgehead atoms. The average molecular weight is 238 g/mol. The van der Waals surface area contributed by atoms with Gasteiger partial charge in [-0.1, -0.05) is 30.3 Å². The molecule has 0 amide bonds. The lowest BCUT2D eigenvalue weighted by Gasteiger charge is -2.10. The second-order valence-corrected chi connectivity index (χ2v) is 3.43. The number of ether oxygens (including phenoxy) is 1. The Labute approximate surface area is 96.5 Å². The maximum absolute atomic E-state index is 13.5. The second-order valence-electron chi connectivity index (χ2n) is 3.43. The van der Waals surface area contributed by atoms with Crippen LogP contribution in [0.15, 0.2) is 36.4 Å². The largest absolute Gasteiger partial charge is 0.493 e. The third kappa shape index (κ3) is 1.98. The van der Waals surface area contributed by atoms with Crippen LogP contribution < -0.4 is 4.74 Å². The van der Waals surface area contributed by atoms with E-state index in [-0.39, 0.29) is 11.3 Å². The molecule has 0 N–H and O–H groups in total. The third-order valence-electron chi connectivity index (χ3n) is 2.41.